The van der Waals surface area contributed by atoms with Gasteiger partial charge in [-0.2, -0.15) is 0 Å². The van der Waals surface area contributed by atoms with E-state index in [0.29, 0.717) is 12.5 Å². The predicted octanol–water partition coefficient (Wildman–Crippen LogP) is 3.74. The third-order valence-corrected chi connectivity index (χ3v) is 4.88. The Morgan fingerprint density at radius 1 is 1.27 bits per heavy atom. The van der Waals surface area contributed by atoms with Crippen LogP contribution >= 0.6 is 24.0 Å². The fraction of sp³-hybridized carbons (Fsp3) is 0.789. The van der Waals surface area contributed by atoms with Gasteiger partial charge in [-0.1, -0.05) is 25.9 Å². The maximum Gasteiger partial charge on any atom is 0.191 e. The van der Waals surface area contributed by atoms with E-state index in [9.17, 15) is 0 Å². The van der Waals surface area contributed by atoms with Crippen LogP contribution < -0.4 is 10.6 Å². The van der Waals surface area contributed by atoms with Crippen molar-refractivity contribution < 1.29 is 4.52 Å². The molecule has 0 radical (unpaired) electrons. The summed E-state index contributed by atoms with van der Waals surface area (Å²) in [4.78, 5) is 7.17. The average molecular weight is 477 g/mol. The van der Waals surface area contributed by atoms with Gasteiger partial charge in [0.2, 0.25) is 0 Å². The molecule has 6 nitrogen and oxygen atoms in total. The lowest BCUT2D eigenvalue weighted by Crippen LogP contribution is -2.42. The highest BCUT2D eigenvalue weighted by Crippen LogP contribution is 2.25. The Balaban J connectivity index is 0.00000338. The molecule has 1 heterocycles. The summed E-state index contributed by atoms with van der Waals surface area (Å²) in [6.07, 6.45) is 4.88. The average Bonchev–Trinajstić information content (AvgIpc) is 3.36. The molecule has 1 aromatic heterocycles. The van der Waals surface area contributed by atoms with Gasteiger partial charge in [0, 0.05) is 37.7 Å². The van der Waals surface area contributed by atoms with Crippen LogP contribution in [0.15, 0.2) is 15.6 Å². The molecule has 1 aromatic rings. The van der Waals surface area contributed by atoms with Crippen LogP contribution in [0.3, 0.4) is 0 Å². The van der Waals surface area contributed by atoms with Crippen molar-refractivity contribution in [3.05, 3.63) is 17.5 Å². The maximum atomic E-state index is 5.46. The molecule has 1 saturated carbocycles. The Morgan fingerprint density at radius 3 is 2.58 bits per heavy atom. The van der Waals surface area contributed by atoms with Gasteiger partial charge < -0.3 is 15.2 Å². The molecule has 0 bridgehead atoms. The van der Waals surface area contributed by atoms with Crippen molar-refractivity contribution in [1.29, 1.82) is 0 Å². The first-order chi connectivity index (χ1) is 12.2. The summed E-state index contributed by atoms with van der Waals surface area (Å²) in [6.45, 7) is 13.2. The van der Waals surface area contributed by atoms with Crippen molar-refractivity contribution in [2.45, 2.75) is 71.9 Å². The summed E-state index contributed by atoms with van der Waals surface area (Å²) < 4.78 is 5.46. The number of guanidine groups is 1. The summed E-state index contributed by atoms with van der Waals surface area (Å²) in [5.74, 6) is 2.15. The molecule has 0 spiro atoms. The SMILES string of the molecule is CCNC(=NCc1cc(C(CC)CC)no1)NCCN(CC)C1CC1.I. The van der Waals surface area contributed by atoms with Crippen molar-refractivity contribution in [2.75, 3.05) is 26.2 Å². The summed E-state index contributed by atoms with van der Waals surface area (Å²) >= 11 is 0. The van der Waals surface area contributed by atoms with Crippen LogP contribution in [-0.2, 0) is 6.54 Å². The standard InChI is InChI=1S/C19H35N5O.HI/c1-5-15(6-2)18-13-17(25-23-18)14-22-19(20-7-3)21-11-12-24(8-4)16-9-10-16;/h13,15-16H,5-12,14H2,1-4H3,(H2,20,21,22);1H. The summed E-state index contributed by atoms with van der Waals surface area (Å²) in [5, 5.41) is 10.9. The lowest BCUT2D eigenvalue weighted by Gasteiger charge is -2.20. The van der Waals surface area contributed by atoms with Crippen LogP contribution in [0.4, 0.5) is 0 Å². The molecule has 7 heteroatoms. The molecule has 0 saturated heterocycles. The predicted molar refractivity (Wildman–Crippen MR) is 118 cm³/mol. The number of hydrogen-bond acceptors (Lipinski definition) is 4. The van der Waals surface area contributed by atoms with Gasteiger partial charge in [-0.25, -0.2) is 4.99 Å². The van der Waals surface area contributed by atoms with Gasteiger partial charge in [0.25, 0.3) is 0 Å². The van der Waals surface area contributed by atoms with Gasteiger partial charge in [0.15, 0.2) is 11.7 Å². The van der Waals surface area contributed by atoms with E-state index >= 15 is 0 Å². The van der Waals surface area contributed by atoms with E-state index < -0.39 is 0 Å². The molecule has 0 atom stereocenters. The second-order valence-electron chi connectivity index (χ2n) is 6.71. The van der Waals surface area contributed by atoms with Crippen LogP contribution in [-0.4, -0.2) is 48.2 Å². The fourth-order valence-corrected chi connectivity index (χ4v) is 3.16. The highest BCUT2D eigenvalue weighted by atomic mass is 127. The topological polar surface area (TPSA) is 65.7 Å². The third-order valence-electron chi connectivity index (χ3n) is 4.88. The van der Waals surface area contributed by atoms with Crippen molar-refractivity contribution in [2.24, 2.45) is 4.99 Å². The minimum Gasteiger partial charge on any atom is -0.359 e. The first-order valence-corrected chi connectivity index (χ1v) is 9.93. The third kappa shape index (κ3) is 7.42. The number of rotatable bonds is 11. The Kier molecular flexibility index (Phi) is 11.2. The van der Waals surface area contributed by atoms with E-state index in [1.807, 2.05) is 0 Å². The van der Waals surface area contributed by atoms with Crippen LogP contribution in [0, 0.1) is 0 Å². The van der Waals surface area contributed by atoms with E-state index in [1.165, 1.54) is 12.8 Å². The Bertz CT molecular complexity index is 526. The molecule has 150 valence electrons. The zero-order valence-electron chi connectivity index (χ0n) is 16.8. The number of nitrogens with zero attached hydrogens (tertiary/aromatic N) is 3. The molecule has 26 heavy (non-hydrogen) atoms. The molecule has 1 aliphatic rings. The van der Waals surface area contributed by atoms with E-state index in [0.717, 1.165) is 62.5 Å². The van der Waals surface area contributed by atoms with Crippen LogP contribution in [0.1, 0.15) is 70.8 Å². The van der Waals surface area contributed by atoms with Crippen molar-refractivity contribution in [3.63, 3.8) is 0 Å². The minimum absolute atomic E-state index is 0. The second-order valence-corrected chi connectivity index (χ2v) is 6.71. The fourth-order valence-electron chi connectivity index (χ4n) is 3.16. The maximum absolute atomic E-state index is 5.46. The largest absolute Gasteiger partial charge is 0.359 e. The number of aromatic nitrogens is 1. The van der Waals surface area contributed by atoms with Gasteiger partial charge in [-0.05, 0) is 39.2 Å². The Morgan fingerprint density at radius 2 is 2.00 bits per heavy atom. The van der Waals surface area contributed by atoms with Gasteiger partial charge >= 0.3 is 0 Å². The van der Waals surface area contributed by atoms with Gasteiger partial charge in [-0.3, -0.25) is 4.90 Å². The summed E-state index contributed by atoms with van der Waals surface area (Å²) in [5.41, 5.74) is 1.05. The van der Waals surface area contributed by atoms with Crippen molar-refractivity contribution in [1.82, 2.24) is 20.7 Å². The lowest BCUT2D eigenvalue weighted by molar-refractivity contribution is 0.282. The van der Waals surface area contributed by atoms with Crippen LogP contribution in [0.5, 0.6) is 0 Å². The second kappa shape index (κ2) is 12.5. The number of halogens is 1. The minimum atomic E-state index is 0. The van der Waals surface area contributed by atoms with Crippen LogP contribution in [0.25, 0.3) is 0 Å². The molecule has 2 rings (SSSR count). The molecular formula is C19H36IN5O. The molecule has 1 aliphatic carbocycles. The quantitative estimate of drug-likeness (QED) is 0.289. The Hall–Kier alpha value is -0.830. The zero-order chi connectivity index (χ0) is 18.1. The van der Waals surface area contributed by atoms with Gasteiger partial charge in [0.1, 0.15) is 6.54 Å². The molecular weight excluding hydrogens is 441 g/mol. The molecule has 0 unspecified atom stereocenters. The normalized spacial score (nSPS) is 14.6. The van der Waals surface area contributed by atoms with Crippen molar-refractivity contribution >= 4 is 29.9 Å². The number of likely N-dealkylation sites (N-methyl/N-ethyl adjacent to an activating group) is 1. The smallest absolute Gasteiger partial charge is 0.191 e. The van der Waals surface area contributed by atoms with E-state index in [1.54, 1.807) is 0 Å². The van der Waals surface area contributed by atoms with E-state index in [-0.39, 0.29) is 24.0 Å². The van der Waals surface area contributed by atoms with E-state index in [4.69, 9.17) is 4.52 Å². The molecule has 0 aliphatic heterocycles. The van der Waals surface area contributed by atoms with Gasteiger partial charge in [-0.15, -0.1) is 24.0 Å². The first-order valence-electron chi connectivity index (χ1n) is 9.93. The molecule has 2 N–H and O–H groups in total. The molecule has 0 aromatic carbocycles. The highest BCUT2D eigenvalue weighted by molar-refractivity contribution is 14.0. The monoisotopic (exact) mass is 477 g/mol. The highest BCUT2D eigenvalue weighted by Gasteiger charge is 2.27. The lowest BCUT2D eigenvalue weighted by atomic mass is 9.99. The summed E-state index contributed by atoms with van der Waals surface area (Å²) in [7, 11) is 0. The first kappa shape index (κ1) is 23.2. The van der Waals surface area contributed by atoms with Gasteiger partial charge in [0.05, 0.1) is 5.69 Å². The molecule has 1 fully saturated rings. The number of aliphatic imine (C=N–C) groups is 1. The number of hydrogen-bond donors (Lipinski definition) is 2. The van der Waals surface area contributed by atoms with Crippen molar-refractivity contribution in [3.8, 4) is 0 Å². The Labute approximate surface area is 175 Å². The zero-order valence-corrected chi connectivity index (χ0v) is 19.1. The summed E-state index contributed by atoms with van der Waals surface area (Å²) in [6, 6.07) is 2.86. The van der Waals surface area contributed by atoms with Crippen LogP contribution in [0.2, 0.25) is 0 Å². The molecule has 0 amide bonds. The van der Waals surface area contributed by atoms with E-state index in [2.05, 4.69) is 59.4 Å². The number of nitrogens with one attached hydrogen (secondary N) is 2.